The molecule has 0 radical (unpaired) electrons. The Morgan fingerprint density at radius 1 is 0.571 bits per heavy atom. The Bertz CT molecular complexity index is 460. The monoisotopic (exact) mass is 550 g/mol. The van der Waals surface area contributed by atoms with Crippen LogP contribution in [0.2, 0.25) is 0 Å². The summed E-state index contributed by atoms with van der Waals surface area (Å²) < 4.78 is 0. The molecule has 0 aliphatic rings. The molecule has 1 aromatic carbocycles. The Kier molecular flexibility index (Phi) is 17.9. The van der Waals surface area contributed by atoms with E-state index in [4.69, 9.17) is 0 Å². The van der Waals surface area contributed by atoms with Crippen LogP contribution in [-0.4, -0.2) is 11.5 Å². The maximum absolute atomic E-state index is 3.72. The quantitative estimate of drug-likeness (QED) is 0.101. The van der Waals surface area contributed by atoms with Crippen molar-refractivity contribution >= 4 is 55.4 Å². The summed E-state index contributed by atoms with van der Waals surface area (Å²) in [4.78, 5) is 2.95. The van der Waals surface area contributed by atoms with Gasteiger partial charge in [0.05, 0.1) is 0 Å². The van der Waals surface area contributed by atoms with Crippen molar-refractivity contribution in [3.63, 3.8) is 0 Å². The van der Waals surface area contributed by atoms with Crippen molar-refractivity contribution in [2.24, 2.45) is 0 Å². The SMILES string of the molecule is CCCCCCCCSc1cc(CBr)c(SCCCCCCCC)cc1CBr. The highest BCUT2D eigenvalue weighted by Crippen LogP contribution is 2.34. The summed E-state index contributed by atoms with van der Waals surface area (Å²) in [7, 11) is 0. The Morgan fingerprint density at radius 2 is 0.929 bits per heavy atom. The van der Waals surface area contributed by atoms with Crippen LogP contribution in [0.25, 0.3) is 0 Å². The molecule has 0 spiro atoms. The smallest absolute Gasteiger partial charge is 0.0294 e. The molecule has 0 atom stereocenters. The molecule has 0 aliphatic carbocycles. The molecule has 28 heavy (non-hydrogen) atoms. The van der Waals surface area contributed by atoms with Crippen LogP contribution in [0.3, 0.4) is 0 Å². The van der Waals surface area contributed by atoms with Gasteiger partial charge in [-0.1, -0.05) is 110 Å². The number of benzene rings is 1. The van der Waals surface area contributed by atoms with Gasteiger partial charge in [0.25, 0.3) is 0 Å². The average Bonchev–Trinajstić information content (AvgIpc) is 2.72. The van der Waals surface area contributed by atoms with E-state index < -0.39 is 0 Å². The second kappa shape index (κ2) is 18.6. The Balaban J connectivity index is 2.46. The summed E-state index contributed by atoms with van der Waals surface area (Å²) in [6, 6.07) is 4.88. The van der Waals surface area contributed by atoms with Crippen LogP contribution in [0, 0.1) is 0 Å². The fourth-order valence-corrected chi connectivity index (χ4v) is 6.77. The molecule has 0 saturated carbocycles. The molecule has 0 N–H and O–H groups in total. The fourth-order valence-electron chi connectivity index (χ4n) is 3.25. The largest absolute Gasteiger partial charge is 0.126 e. The van der Waals surface area contributed by atoms with Crippen LogP contribution >= 0.6 is 55.4 Å². The molecule has 0 nitrogen and oxygen atoms in total. The third kappa shape index (κ3) is 11.9. The molecule has 0 unspecified atom stereocenters. The van der Waals surface area contributed by atoms with E-state index in [0.29, 0.717) is 0 Å². The van der Waals surface area contributed by atoms with Gasteiger partial charge in [0.1, 0.15) is 0 Å². The van der Waals surface area contributed by atoms with Crippen molar-refractivity contribution in [3.05, 3.63) is 23.3 Å². The standard InChI is InChI=1S/C24H40Br2S2/c1-3-5-7-9-11-13-15-27-23-17-22(20-26)24(18-21(23)19-25)28-16-14-12-10-8-6-4-2/h17-18H,3-16,19-20H2,1-2H3. The average molecular weight is 553 g/mol. The van der Waals surface area contributed by atoms with Gasteiger partial charge in [0.2, 0.25) is 0 Å². The first-order chi connectivity index (χ1) is 13.8. The highest BCUT2D eigenvalue weighted by molar-refractivity contribution is 9.08. The minimum atomic E-state index is 0.957. The van der Waals surface area contributed by atoms with E-state index in [0.717, 1.165) is 10.7 Å². The molecule has 0 fully saturated rings. The van der Waals surface area contributed by atoms with Crippen LogP contribution in [0.1, 0.15) is 102 Å². The van der Waals surface area contributed by atoms with E-state index in [2.05, 4.69) is 81.4 Å². The third-order valence-corrected chi connectivity index (χ3v) is 8.62. The normalized spacial score (nSPS) is 11.3. The van der Waals surface area contributed by atoms with Gasteiger partial charge in [0.15, 0.2) is 0 Å². The molecule has 0 amide bonds. The lowest BCUT2D eigenvalue weighted by molar-refractivity contribution is 0.627. The number of hydrogen-bond donors (Lipinski definition) is 0. The maximum Gasteiger partial charge on any atom is 0.0294 e. The minimum absolute atomic E-state index is 0.957. The molecule has 0 aliphatic heterocycles. The molecule has 0 saturated heterocycles. The van der Waals surface area contributed by atoms with Crippen molar-refractivity contribution in [1.29, 1.82) is 0 Å². The summed E-state index contributed by atoms with van der Waals surface area (Å²) in [5.41, 5.74) is 2.93. The number of unbranched alkanes of at least 4 members (excludes halogenated alkanes) is 10. The molecule has 162 valence electrons. The molecular weight excluding hydrogens is 512 g/mol. The number of rotatable bonds is 18. The molecule has 0 heterocycles. The van der Waals surface area contributed by atoms with Crippen LogP contribution in [0.5, 0.6) is 0 Å². The zero-order valence-electron chi connectivity index (χ0n) is 18.0. The van der Waals surface area contributed by atoms with Crippen LogP contribution in [0.15, 0.2) is 21.9 Å². The molecule has 0 aromatic heterocycles. The Labute approximate surface area is 200 Å². The summed E-state index contributed by atoms with van der Waals surface area (Å²) >= 11 is 11.6. The van der Waals surface area contributed by atoms with E-state index in [1.807, 2.05) is 0 Å². The summed E-state index contributed by atoms with van der Waals surface area (Å²) in [5, 5.41) is 1.91. The van der Waals surface area contributed by atoms with Crippen LogP contribution in [-0.2, 0) is 10.7 Å². The molecular formula is C24H40Br2S2. The lowest BCUT2D eigenvalue weighted by Gasteiger charge is -2.14. The van der Waals surface area contributed by atoms with Crippen molar-refractivity contribution in [2.75, 3.05) is 11.5 Å². The van der Waals surface area contributed by atoms with Gasteiger partial charge in [-0.05, 0) is 47.6 Å². The summed E-state index contributed by atoms with van der Waals surface area (Å²) in [6.45, 7) is 4.57. The van der Waals surface area contributed by atoms with E-state index in [9.17, 15) is 0 Å². The molecule has 1 aromatic rings. The first kappa shape index (κ1) is 26.9. The maximum atomic E-state index is 3.72. The highest BCUT2D eigenvalue weighted by atomic mass is 79.9. The van der Waals surface area contributed by atoms with Crippen molar-refractivity contribution in [2.45, 2.75) is 111 Å². The molecule has 4 heteroatoms. The van der Waals surface area contributed by atoms with Crippen LogP contribution in [0.4, 0.5) is 0 Å². The topological polar surface area (TPSA) is 0 Å². The number of alkyl halides is 2. The second-order valence-corrected chi connectivity index (χ2v) is 11.0. The van der Waals surface area contributed by atoms with Gasteiger partial charge in [-0.3, -0.25) is 0 Å². The first-order valence-electron chi connectivity index (χ1n) is 11.3. The van der Waals surface area contributed by atoms with E-state index in [1.54, 1.807) is 0 Å². The first-order valence-corrected chi connectivity index (χ1v) is 15.5. The van der Waals surface area contributed by atoms with Gasteiger partial charge in [-0.15, -0.1) is 23.5 Å². The summed E-state index contributed by atoms with van der Waals surface area (Å²) in [6.07, 6.45) is 16.5. The van der Waals surface area contributed by atoms with Gasteiger partial charge >= 0.3 is 0 Å². The van der Waals surface area contributed by atoms with Crippen molar-refractivity contribution in [1.82, 2.24) is 0 Å². The predicted molar refractivity (Wildman–Crippen MR) is 140 cm³/mol. The second-order valence-electron chi connectivity index (χ2n) is 7.57. The van der Waals surface area contributed by atoms with E-state index >= 15 is 0 Å². The fraction of sp³-hybridized carbons (Fsp3) is 0.750. The third-order valence-electron chi connectivity index (χ3n) is 5.04. The van der Waals surface area contributed by atoms with Crippen LogP contribution < -0.4 is 0 Å². The highest BCUT2D eigenvalue weighted by Gasteiger charge is 2.10. The predicted octanol–water partition coefficient (Wildman–Crippen LogP) is 10.4. The van der Waals surface area contributed by atoms with Gasteiger partial charge in [-0.25, -0.2) is 0 Å². The van der Waals surface area contributed by atoms with E-state index in [1.165, 1.54) is 109 Å². The Morgan fingerprint density at radius 3 is 1.29 bits per heavy atom. The number of halogens is 2. The Hall–Kier alpha value is 0.880. The molecule has 1 rings (SSSR count). The number of hydrogen-bond acceptors (Lipinski definition) is 2. The minimum Gasteiger partial charge on any atom is -0.126 e. The number of thioether (sulfide) groups is 2. The lowest BCUT2D eigenvalue weighted by Crippen LogP contribution is -1.94. The van der Waals surface area contributed by atoms with Crippen molar-refractivity contribution < 1.29 is 0 Å². The lowest BCUT2D eigenvalue weighted by atomic mass is 10.1. The molecule has 0 bridgehead atoms. The van der Waals surface area contributed by atoms with E-state index in [-0.39, 0.29) is 0 Å². The van der Waals surface area contributed by atoms with Gasteiger partial charge in [0, 0.05) is 20.5 Å². The summed E-state index contributed by atoms with van der Waals surface area (Å²) in [5.74, 6) is 2.50. The zero-order valence-corrected chi connectivity index (χ0v) is 22.8. The van der Waals surface area contributed by atoms with Gasteiger partial charge in [-0.2, -0.15) is 0 Å². The zero-order chi connectivity index (χ0) is 20.5. The van der Waals surface area contributed by atoms with Gasteiger partial charge < -0.3 is 0 Å². The van der Waals surface area contributed by atoms with Crippen molar-refractivity contribution in [3.8, 4) is 0 Å².